The van der Waals surface area contributed by atoms with Gasteiger partial charge in [0.1, 0.15) is 10.6 Å². The van der Waals surface area contributed by atoms with Crippen molar-refractivity contribution in [2.24, 2.45) is 0 Å². The Hall–Kier alpha value is -1.57. The van der Waals surface area contributed by atoms with Crippen LogP contribution in [0.3, 0.4) is 0 Å². The molecule has 0 saturated heterocycles. The number of nitrogens with zero attached hydrogens (tertiary/aromatic N) is 1. The summed E-state index contributed by atoms with van der Waals surface area (Å²) < 4.78 is 32.6. The van der Waals surface area contributed by atoms with Gasteiger partial charge < -0.3 is 4.74 Å². The first-order valence-corrected chi connectivity index (χ1v) is 7.86. The molecule has 1 aliphatic heterocycles. The zero-order valence-electron chi connectivity index (χ0n) is 10.3. The summed E-state index contributed by atoms with van der Waals surface area (Å²) in [4.78, 5) is 0.104. The molecule has 1 aromatic carbocycles. The van der Waals surface area contributed by atoms with Crippen LogP contribution in [0.15, 0.2) is 35.5 Å². The van der Waals surface area contributed by atoms with E-state index >= 15 is 0 Å². The number of halogens is 1. The van der Waals surface area contributed by atoms with Crippen molar-refractivity contribution >= 4 is 21.6 Å². The standard InChI is InChI=1S/C12H12ClN3O3S/c13-10-3-1-2-9-11(4-5-19-12(9)10)16-20(17,18)8-6-14-15-7-8/h1-3,6-7,11,16H,4-5H2,(H,14,15)/t11-/m1/s1. The number of fused-ring (bicyclic) bond motifs is 1. The molecule has 2 heterocycles. The predicted molar refractivity (Wildman–Crippen MR) is 73.2 cm³/mol. The van der Waals surface area contributed by atoms with Crippen molar-refractivity contribution in [2.45, 2.75) is 17.4 Å². The molecule has 1 atom stereocenters. The molecule has 2 aromatic rings. The number of rotatable bonds is 3. The van der Waals surface area contributed by atoms with Crippen molar-refractivity contribution in [1.29, 1.82) is 0 Å². The van der Waals surface area contributed by atoms with Crippen LogP contribution in [-0.4, -0.2) is 25.2 Å². The normalized spacial score (nSPS) is 18.4. The van der Waals surface area contributed by atoms with Crippen LogP contribution in [0.1, 0.15) is 18.0 Å². The van der Waals surface area contributed by atoms with Gasteiger partial charge in [-0.05, 0) is 6.07 Å². The van der Waals surface area contributed by atoms with Gasteiger partial charge in [0.05, 0.1) is 23.9 Å². The lowest BCUT2D eigenvalue weighted by Crippen LogP contribution is -2.32. The Morgan fingerprint density at radius 3 is 3.05 bits per heavy atom. The summed E-state index contributed by atoms with van der Waals surface area (Å²) in [5.74, 6) is 0.542. The zero-order valence-corrected chi connectivity index (χ0v) is 11.9. The van der Waals surface area contributed by atoms with E-state index in [0.29, 0.717) is 23.8 Å². The Kier molecular flexibility index (Phi) is 3.41. The molecule has 0 amide bonds. The van der Waals surface area contributed by atoms with Gasteiger partial charge in [0, 0.05) is 18.2 Å². The van der Waals surface area contributed by atoms with Crippen LogP contribution in [0.5, 0.6) is 5.75 Å². The molecule has 2 N–H and O–H groups in total. The lowest BCUT2D eigenvalue weighted by Gasteiger charge is -2.26. The van der Waals surface area contributed by atoms with Gasteiger partial charge in [-0.2, -0.15) is 5.10 Å². The third-order valence-corrected chi connectivity index (χ3v) is 4.84. The highest BCUT2D eigenvalue weighted by Gasteiger charge is 2.28. The number of hydrogen-bond donors (Lipinski definition) is 2. The molecule has 0 aliphatic carbocycles. The lowest BCUT2D eigenvalue weighted by atomic mass is 10.0. The first-order chi connectivity index (χ1) is 9.58. The van der Waals surface area contributed by atoms with E-state index in [9.17, 15) is 8.42 Å². The van der Waals surface area contributed by atoms with E-state index in [0.717, 1.165) is 5.56 Å². The van der Waals surface area contributed by atoms with Gasteiger partial charge >= 0.3 is 0 Å². The second-order valence-corrected chi connectivity index (χ2v) is 6.52. The van der Waals surface area contributed by atoms with Gasteiger partial charge in [-0.1, -0.05) is 23.7 Å². The topological polar surface area (TPSA) is 84.1 Å². The fourth-order valence-corrected chi connectivity index (χ4v) is 3.54. The van der Waals surface area contributed by atoms with Crippen LogP contribution < -0.4 is 9.46 Å². The number of para-hydroxylation sites is 1. The fraction of sp³-hybridized carbons (Fsp3) is 0.250. The molecule has 0 radical (unpaired) electrons. The molecule has 6 nitrogen and oxygen atoms in total. The summed E-state index contributed by atoms with van der Waals surface area (Å²) in [6, 6.07) is 4.93. The smallest absolute Gasteiger partial charge is 0.244 e. The molecule has 1 aliphatic rings. The SMILES string of the molecule is O=S(=O)(N[C@@H]1CCOc2c(Cl)cccc21)c1cn[nH]c1. The minimum Gasteiger partial charge on any atom is -0.492 e. The molecule has 0 bridgehead atoms. The molecule has 0 spiro atoms. The van der Waals surface area contributed by atoms with E-state index in [1.54, 1.807) is 12.1 Å². The highest BCUT2D eigenvalue weighted by Crippen LogP contribution is 2.37. The van der Waals surface area contributed by atoms with Crippen LogP contribution >= 0.6 is 11.6 Å². The summed E-state index contributed by atoms with van der Waals surface area (Å²) in [6.07, 6.45) is 3.14. The number of aromatic nitrogens is 2. The third-order valence-electron chi connectivity index (χ3n) is 3.11. The summed E-state index contributed by atoms with van der Waals surface area (Å²) in [5.41, 5.74) is 0.746. The quantitative estimate of drug-likeness (QED) is 0.906. The Balaban J connectivity index is 1.93. The van der Waals surface area contributed by atoms with E-state index < -0.39 is 10.0 Å². The lowest BCUT2D eigenvalue weighted by molar-refractivity contribution is 0.263. The number of H-pyrrole nitrogens is 1. The highest BCUT2D eigenvalue weighted by molar-refractivity contribution is 7.89. The molecule has 0 fully saturated rings. The number of nitrogens with one attached hydrogen (secondary N) is 2. The minimum absolute atomic E-state index is 0.104. The van der Waals surface area contributed by atoms with Crippen molar-refractivity contribution < 1.29 is 13.2 Å². The molecule has 8 heteroatoms. The maximum absolute atomic E-state index is 12.2. The highest BCUT2D eigenvalue weighted by atomic mass is 35.5. The summed E-state index contributed by atoms with van der Waals surface area (Å²) in [7, 11) is -3.61. The first kappa shape index (κ1) is 13.4. The molecule has 0 saturated carbocycles. The molecule has 106 valence electrons. The minimum atomic E-state index is -3.61. The van der Waals surface area contributed by atoms with E-state index in [1.807, 2.05) is 6.07 Å². The van der Waals surface area contributed by atoms with Gasteiger partial charge in [-0.15, -0.1) is 0 Å². The molecule has 1 aromatic heterocycles. The van der Waals surface area contributed by atoms with Crippen molar-refractivity contribution in [1.82, 2.24) is 14.9 Å². The van der Waals surface area contributed by atoms with Gasteiger partial charge in [-0.3, -0.25) is 5.10 Å². The summed E-state index contributed by atoms with van der Waals surface area (Å²) in [6.45, 7) is 0.412. The predicted octanol–water partition coefficient (Wildman–Crippen LogP) is 1.87. The van der Waals surface area contributed by atoms with E-state index in [-0.39, 0.29) is 10.9 Å². The maximum Gasteiger partial charge on any atom is 0.244 e. The Morgan fingerprint density at radius 1 is 1.45 bits per heavy atom. The number of ether oxygens (including phenoxy) is 1. The van der Waals surface area contributed by atoms with Crippen LogP contribution in [0, 0.1) is 0 Å². The number of hydrogen-bond acceptors (Lipinski definition) is 4. The Morgan fingerprint density at radius 2 is 2.30 bits per heavy atom. The largest absolute Gasteiger partial charge is 0.492 e. The van der Waals surface area contributed by atoms with E-state index in [4.69, 9.17) is 16.3 Å². The average Bonchev–Trinajstić information content (AvgIpc) is 2.94. The second kappa shape index (κ2) is 5.08. The molecule has 3 rings (SSSR count). The monoisotopic (exact) mass is 313 g/mol. The van der Waals surface area contributed by atoms with Gasteiger partial charge in [0.25, 0.3) is 0 Å². The van der Waals surface area contributed by atoms with Crippen LogP contribution in [0.2, 0.25) is 5.02 Å². The third kappa shape index (κ3) is 2.39. The average molecular weight is 314 g/mol. The van der Waals surface area contributed by atoms with Crippen molar-refractivity contribution in [3.05, 3.63) is 41.2 Å². The molecule has 20 heavy (non-hydrogen) atoms. The fourth-order valence-electron chi connectivity index (χ4n) is 2.15. The van der Waals surface area contributed by atoms with Crippen LogP contribution in [-0.2, 0) is 10.0 Å². The van der Waals surface area contributed by atoms with E-state index in [1.165, 1.54) is 12.4 Å². The number of sulfonamides is 1. The van der Waals surface area contributed by atoms with Gasteiger partial charge in [-0.25, -0.2) is 13.1 Å². The van der Waals surface area contributed by atoms with Crippen molar-refractivity contribution in [3.63, 3.8) is 0 Å². The Bertz CT molecular complexity index is 716. The van der Waals surface area contributed by atoms with Crippen LogP contribution in [0.25, 0.3) is 0 Å². The van der Waals surface area contributed by atoms with Crippen molar-refractivity contribution in [2.75, 3.05) is 6.61 Å². The first-order valence-electron chi connectivity index (χ1n) is 6.00. The molecule has 0 unspecified atom stereocenters. The molecular weight excluding hydrogens is 302 g/mol. The number of aromatic amines is 1. The van der Waals surface area contributed by atoms with E-state index in [2.05, 4.69) is 14.9 Å². The number of benzene rings is 1. The van der Waals surface area contributed by atoms with Gasteiger partial charge in [0.15, 0.2) is 0 Å². The van der Waals surface area contributed by atoms with Crippen LogP contribution in [0.4, 0.5) is 0 Å². The molecular formula is C12H12ClN3O3S. The zero-order chi connectivity index (χ0) is 14.2. The maximum atomic E-state index is 12.2. The summed E-state index contributed by atoms with van der Waals surface area (Å²) in [5, 5.41) is 6.62. The van der Waals surface area contributed by atoms with Gasteiger partial charge in [0.2, 0.25) is 10.0 Å². The Labute approximate surface area is 121 Å². The van der Waals surface area contributed by atoms with Crippen molar-refractivity contribution in [3.8, 4) is 5.75 Å². The second-order valence-electron chi connectivity index (χ2n) is 4.40. The summed E-state index contributed by atoms with van der Waals surface area (Å²) >= 11 is 6.06.